The molecule has 11 heteroatoms. The molecule has 3 aliphatic rings. The van der Waals surface area contributed by atoms with Crippen LogP contribution >= 0.6 is 0 Å². The van der Waals surface area contributed by atoms with E-state index in [0.717, 1.165) is 31.9 Å². The van der Waals surface area contributed by atoms with Crippen LogP contribution in [0.1, 0.15) is 32.6 Å². The minimum Gasteiger partial charge on any atom is -0.481 e. The Kier molecular flexibility index (Phi) is 4.94. The highest BCUT2D eigenvalue weighted by atomic mass is 19.1. The first-order valence-electron chi connectivity index (χ1n) is 11.7. The summed E-state index contributed by atoms with van der Waals surface area (Å²) in [5.41, 5.74) is 2.21. The fourth-order valence-electron chi connectivity index (χ4n) is 5.82. The lowest BCUT2D eigenvalue weighted by Gasteiger charge is -2.47. The van der Waals surface area contributed by atoms with E-state index < -0.39 is 17.7 Å². The second-order valence-electron chi connectivity index (χ2n) is 9.48. The summed E-state index contributed by atoms with van der Waals surface area (Å²) in [6, 6.07) is 2.85. The molecule has 1 amide bonds. The molecule has 4 aromatic heterocycles. The average Bonchev–Trinajstić information content (AvgIpc) is 3.42. The number of nitrogens with one attached hydrogen (secondary N) is 3. The maximum atomic E-state index is 14.0. The first-order chi connectivity index (χ1) is 16.9. The number of hydrogen-bond acceptors (Lipinski definition) is 6. The van der Waals surface area contributed by atoms with Gasteiger partial charge in [-0.2, -0.15) is 0 Å². The number of nitrogens with zero attached hydrogens (tertiary/aromatic N) is 4. The van der Waals surface area contributed by atoms with E-state index in [2.05, 4.69) is 25.7 Å². The van der Waals surface area contributed by atoms with Gasteiger partial charge in [0, 0.05) is 30.1 Å². The van der Waals surface area contributed by atoms with Crippen molar-refractivity contribution >= 4 is 39.9 Å². The second-order valence-corrected chi connectivity index (χ2v) is 9.48. The number of H-pyrrole nitrogens is 1. The van der Waals surface area contributed by atoms with Gasteiger partial charge < -0.3 is 20.7 Å². The van der Waals surface area contributed by atoms with Crippen molar-refractivity contribution in [3.8, 4) is 11.4 Å². The van der Waals surface area contributed by atoms with Crippen LogP contribution in [0.5, 0.6) is 0 Å². The van der Waals surface area contributed by atoms with Crippen LogP contribution in [0.25, 0.3) is 27.9 Å². The number of anilines is 2. The van der Waals surface area contributed by atoms with Crippen LogP contribution in [0.4, 0.5) is 15.9 Å². The number of aromatic nitrogens is 5. The molecule has 0 radical (unpaired) electrons. The number of rotatable bonds is 5. The summed E-state index contributed by atoms with van der Waals surface area (Å²) < 4.78 is 15.5. The molecule has 35 heavy (non-hydrogen) atoms. The highest BCUT2D eigenvalue weighted by molar-refractivity contribution is 5.93. The van der Waals surface area contributed by atoms with E-state index in [1.54, 1.807) is 23.0 Å². The zero-order valence-electron chi connectivity index (χ0n) is 19.0. The van der Waals surface area contributed by atoms with E-state index in [1.807, 2.05) is 0 Å². The zero-order chi connectivity index (χ0) is 24.3. The number of aromatic amines is 1. The molecule has 3 saturated carbocycles. The Bertz CT molecular complexity index is 1470. The number of carboxylic acid groups (broad SMARTS) is 1. The number of aliphatic carboxylic acids is 1. The molecule has 2 bridgehead atoms. The van der Waals surface area contributed by atoms with E-state index in [1.165, 1.54) is 13.0 Å². The number of carbonyl (C=O) groups excluding carboxylic acids is 1. The molecule has 0 spiro atoms. The average molecular weight is 478 g/mol. The lowest BCUT2D eigenvalue weighted by molar-refractivity contribution is -0.148. The monoisotopic (exact) mass is 477 g/mol. The van der Waals surface area contributed by atoms with Crippen LogP contribution in [0, 0.1) is 23.6 Å². The van der Waals surface area contributed by atoms with Crippen LogP contribution in [0.15, 0.2) is 30.7 Å². The number of pyridine rings is 1. The fourth-order valence-corrected chi connectivity index (χ4v) is 5.82. The highest BCUT2D eigenvalue weighted by Gasteiger charge is 2.47. The van der Waals surface area contributed by atoms with E-state index in [0.29, 0.717) is 39.4 Å². The fraction of sp³-hybridized carbons (Fsp3) is 0.375. The van der Waals surface area contributed by atoms with E-state index in [4.69, 9.17) is 4.98 Å². The van der Waals surface area contributed by atoms with E-state index in [9.17, 15) is 19.1 Å². The van der Waals surface area contributed by atoms with Crippen LogP contribution in [0.2, 0.25) is 0 Å². The first-order valence-corrected chi connectivity index (χ1v) is 11.7. The number of hydrogen-bond donors (Lipinski definition) is 4. The number of carboxylic acids is 1. The van der Waals surface area contributed by atoms with Gasteiger partial charge in [0.2, 0.25) is 5.91 Å². The number of carbonyl (C=O) groups is 2. The Hall–Kier alpha value is -4.02. The highest BCUT2D eigenvalue weighted by Crippen LogP contribution is 2.46. The summed E-state index contributed by atoms with van der Waals surface area (Å²) in [6.45, 7) is 1.42. The van der Waals surface area contributed by atoms with Crippen molar-refractivity contribution in [2.45, 2.75) is 38.6 Å². The van der Waals surface area contributed by atoms with Gasteiger partial charge in [0.15, 0.2) is 11.6 Å². The molecule has 4 heterocycles. The largest absolute Gasteiger partial charge is 0.481 e. The first kappa shape index (κ1) is 21.5. The molecule has 3 fully saturated rings. The standard InChI is InChI=1S/C24H24FN7O3/c1-11(33)28-15-7-18-23(29-20-13-4-2-12(3-5-13)19(20)24(34)35)30-22(31-32(18)10-15)17-9-27-21-16(17)6-14(25)8-26-21/h6-10,12-13,19-20H,2-5H2,1H3,(H,26,27)(H,28,33)(H,34,35)(H,29,30,31)/t12-,13+,19-,20?/m0/s1. The van der Waals surface area contributed by atoms with Crippen molar-refractivity contribution in [3.63, 3.8) is 0 Å². The summed E-state index contributed by atoms with van der Waals surface area (Å²) in [5, 5.41) is 21.3. The van der Waals surface area contributed by atoms with Gasteiger partial charge in [-0.1, -0.05) is 0 Å². The van der Waals surface area contributed by atoms with Crippen molar-refractivity contribution in [3.05, 3.63) is 36.5 Å². The predicted octanol–water partition coefficient (Wildman–Crippen LogP) is 3.67. The quantitative estimate of drug-likeness (QED) is 0.344. The molecule has 2 atom stereocenters. The minimum atomic E-state index is -0.797. The third kappa shape index (κ3) is 3.67. The van der Waals surface area contributed by atoms with Crippen molar-refractivity contribution in [1.29, 1.82) is 0 Å². The van der Waals surface area contributed by atoms with Crippen molar-refractivity contribution in [2.75, 3.05) is 10.6 Å². The normalized spacial score (nSPS) is 23.6. The van der Waals surface area contributed by atoms with Crippen LogP contribution < -0.4 is 10.6 Å². The Balaban J connectivity index is 1.49. The molecule has 7 rings (SSSR count). The number of fused-ring (bicyclic) bond motifs is 5. The van der Waals surface area contributed by atoms with Gasteiger partial charge in [0.1, 0.15) is 17.0 Å². The van der Waals surface area contributed by atoms with E-state index >= 15 is 0 Å². The van der Waals surface area contributed by atoms with Crippen LogP contribution in [-0.2, 0) is 9.59 Å². The molecular weight excluding hydrogens is 453 g/mol. The Morgan fingerprint density at radius 3 is 2.71 bits per heavy atom. The summed E-state index contributed by atoms with van der Waals surface area (Å²) in [4.78, 5) is 35.7. The molecule has 4 aromatic rings. The van der Waals surface area contributed by atoms with Gasteiger partial charge in [-0.3, -0.25) is 9.59 Å². The van der Waals surface area contributed by atoms with Gasteiger partial charge in [0.05, 0.1) is 24.0 Å². The van der Waals surface area contributed by atoms with Crippen molar-refractivity contribution < 1.29 is 19.1 Å². The summed E-state index contributed by atoms with van der Waals surface area (Å²) >= 11 is 0. The van der Waals surface area contributed by atoms with Gasteiger partial charge in [-0.15, -0.1) is 5.10 Å². The molecule has 10 nitrogen and oxygen atoms in total. The van der Waals surface area contributed by atoms with Gasteiger partial charge in [0.25, 0.3) is 0 Å². The second kappa shape index (κ2) is 8.03. The number of halogens is 1. The molecule has 4 N–H and O–H groups in total. The third-order valence-electron chi connectivity index (χ3n) is 7.33. The molecule has 0 saturated heterocycles. The summed E-state index contributed by atoms with van der Waals surface area (Å²) in [5.74, 6) is -0.851. The topological polar surface area (TPSA) is 137 Å². The lowest BCUT2D eigenvalue weighted by atomic mass is 9.61. The molecule has 0 aromatic carbocycles. The van der Waals surface area contributed by atoms with Crippen molar-refractivity contribution in [1.82, 2.24) is 24.6 Å². The molecular formula is C24H24FN7O3. The summed E-state index contributed by atoms with van der Waals surface area (Å²) in [6.07, 6.45) is 8.28. The van der Waals surface area contributed by atoms with Crippen molar-refractivity contribution in [2.24, 2.45) is 17.8 Å². The van der Waals surface area contributed by atoms with Gasteiger partial charge in [-0.05, 0) is 49.7 Å². The predicted molar refractivity (Wildman–Crippen MR) is 126 cm³/mol. The molecule has 0 aliphatic heterocycles. The maximum absolute atomic E-state index is 14.0. The summed E-state index contributed by atoms with van der Waals surface area (Å²) in [7, 11) is 0. The third-order valence-corrected chi connectivity index (χ3v) is 7.33. The van der Waals surface area contributed by atoms with Crippen LogP contribution in [0.3, 0.4) is 0 Å². The molecule has 3 aliphatic carbocycles. The smallest absolute Gasteiger partial charge is 0.308 e. The van der Waals surface area contributed by atoms with Gasteiger partial charge >= 0.3 is 5.97 Å². The van der Waals surface area contributed by atoms with E-state index in [-0.39, 0.29) is 23.8 Å². The van der Waals surface area contributed by atoms with Gasteiger partial charge in [-0.25, -0.2) is 18.9 Å². The Labute approximate surface area is 199 Å². The lowest BCUT2D eigenvalue weighted by Crippen LogP contribution is -2.51. The zero-order valence-corrected chi connectivity index (χ0v) is 19.0. The number of amides is 1. The Morgan fingerprint density at radius 1 is 1.20 bits per heavy atom. The SMILES string of the molecule is CC(=O)Nc1cc2c(NC3[C@H]4CC[C@H](CC4)[C@@H]3C(=O)O)nc(-c3c[nH]c4ncc(F)cc34)nn2c1. The Morgan fingerprint density at radius 2 is 1.97 bits per heavy atom. The minimum absolute atomic E-state index is 0.136. The molecule has 180 valence electrons. The maximum Gasteiger partial charge on any atom is 0.308 e. The van der Waals surface area contributed by atoms with Crippen LogP contribution in [-0.4, -0.2) is 47.6 Å². The molecule has 1 unspecified atom stereocenters.